The van der Waals surface area contributed by atoms with Crippen molar-refractivity contribution >= 4 is 23.2 Å². The maximum absolute atomic E-state index is 12.6. The molecule has 1 aromatic heterocycles. The van der Waals surface area contributed by atoms with Crippen LogP contribution in [0.5, 0.6) is 0 Å². The topological polar surface area (TPSA) is 49.9 Å². The van der Waals surface area contributed by atoms with Crippen molar-refractivity contribution in [2.24, 2.45) is 5.92 Å². The standard InChI is InChI=1S/C16H22N2O3S/c1-12-4-5-14(22-12)16(20)18-6-2-3-13(11-18)15(19)17-7-9-21-10-8-17/h4-5,13H,2-3,6-11H2,1H3. The van der Waals surface area contributed by atoms with E-state index in [2.05, 4.69) is 0 Å². The Bertz CT molecular complexity index is 551. The minimum Gasteiger partial charge on any atom is -0.378 e. The zero-order chi connectivity index (χ0) is 15.5. The van der Waals surface area contributed by atoms with Crippen LogP contribution in [0.2, 0.25) is 0 Å². The van der Waals surface area contributed by atoms with Crippen molar-refractivity contribution in [3.8, 4) is 0 Å². The number of morpholine rings is 1. The molecule has 0 aliphatic carbocycles. The number of ether oxygens (including phenoxy) is 1. The highest BCUT2D eigenvalue weighted by Crippen LogP contribution is 2.23. The van der Waals surface area contributed by atoms with Crippen LogP contribution in [0.3, 0.4) is 0 Å². The summed E-state index contributed by atoms with van der Waals surface area (Å²) in [6.07, 6.45) is 1.78. The molecule has 0 radical (unpaired) electrons. The van der Waals surface area contributed by atoms with E-state index in [0.29, 0.717) is 32.8 Å². The van der Waals surface area contributed by atoms with E-state index in [4.69, 9.17) is 4.74 Å². The average Bonchev–Trinajstić information content (AvgIpc) is 3.01. The van der Waals surface area contributed by atoms with Crippen molar-refractivity contribution in [1.82, 2.24) is 9.80 Å². The first kappa shape index (κ1) is 15.5. The molecule has 1 atom stereocenters. The molecule has 1 unspecified atom stereocenters. The van der Waals surface area contributed by atoms with Crippen LogP contribution in [0.4, 0.5) is 0 Å². The molecule has 2 amide bonds. The summed E-state index contributed by atoms with van der Waals surface area (Å²) in [5.74, 6) is 0.192. The van der Waals surface area contributed by atoms with E-state index in [0.717, 1.165) is 29.1 Å². The fourth-order valence-corrected chi connectivity index (χ4v) is 3.95. The first-order valence-electron chi connectivity index (χ1n) is 7.87. The number of rotatable bonds is 2. The molecule has 1 aromatic rings. The summed E-state index contributed by atoms with van der Waals surface area (Å²) in [6, 6.07) is 3.86. The van der Waals surface area contributed by atoms with Gasteiger partial charge in [0, 0.05) is 31.1 Å². The molecule has 0 bridgehead atoms. The lowest BCUT2D eigenvalue weighted by Crippen LogP contribution is -2.49. The Morgan fingerprint density at radius 1 is 1.18 bits per heavy atom. The van der Waals surface area contributed by atoms with Gasteiger partial charge in [-0.05, 0) is 31.9 Å². The maximum Gasteiger partial charge on any atom is 0.263 e. The second-order valence-electron chi connectivity index (χ2n) is 5.94. The first-order valence-corrected chi connectivity index (χ1v) is 8.69. The maximum atomic E-state index is 12.6. The summed E-state index contributed by atoms with van der Waals surface area (Å²) in [5, 5.41) is 0. The van der Waals surface area contributed by atoms with Gasteiger partial charge in [-0.3, -0.25) is 9.59 Å². The van der Waals surface area contributed by atoms with Crippen molar-refractivity contribution in [3.63, 3.8) is 0 Å². The second-order valence-corrected chi connectivity index (χ2v) is 7.23. The fraction of sp³-hybridized carbons (Fsp3) is 0.625. The van der Waals surface area contributed by atoms with Gasteiger partial charge in [-0.15, -0.1) is 11.3 Å². The quantitative estimate of drug-likeness (QED) is 0.834. The molecular weight excluding hydrogens is 300 g/mol. The minimum atomic E-state index is -0.0585. The molecule has 0 N–H and O–H groups in total. The van der Waals surface area contributed by atoms with E-state index in [1.807, 2.05) is 28.9 Å². The van der Waals surface area contributed by atoms with Crippen LogP contribution in [0.25, 0.3) is 0 Å². The van der Waals surface area contributed by atoms with Crippen LogP contribution in [0.15, 0.2) is 12.1 Å². The Balaban J connectivity index is 1.63. The van der Waals surface area contributed by atoms with Crippen molar-refractivity contribution in [3.05, 3.63) is 21.9 Å². The van der Waals surface area contributed by atoms with E-state index in [1.165, 1.54) is 11.3 Å². The summed E-state index contributed by atoms with van der Waals surface area (Å²) in [6.45, 7) is 5.89. The highest BCUT2D eigenvalue weighted by Gasteiger charge is 2.32. The van der Waals surface area contributed by atoms with Gasteiger partial charge in [0.1, 0.15) is 0 Å². The monoisotopic (exact) mass is 322 g/mol. The van der Waals surface area contributed by atoms with Gasteiger partial charge in [-0.2, -0.15) is 0 Å². The van der Waals surface area contributed by atoms with Crippen molar-refractivity contribution < 1.29 is 14.3 Å². The number of nitrogens with zero attached hydrogens (tertiary/aromatic N) is 2. The van der Waals surface area contributed by atoms with Gasteiger partial charge < -0.3 is 14.5 Å². The molecule has 5 nitrogen and oxygen atoms in total. The van der Waals surface area contributed by atoms with E-state index >= 15 is 0 Å². The molecule has 22 heavy (non-hydrogen) atoms. The number of likely N-dealkylation sites (tertiary alicyclic amines) is 1. The SMILES string of the molecule is Cc1ccc(C(=O)N2CCCC(C(=O)N3CCOCC3)C2)s1. The number of amides is 2. The number of aryl methyl sites for hydroxylation is 1. The number of piperidine rings is 1. The number of hydrogen-bond acceptors (Lipinski definition) is 4. The molecular formula is C16H22N2O3S. The third-order valence-corrected chi connectivity index (χ3v) is 5.32. The minimum absolute atomic E-state index is 0.0585. The van der Waals surface area contributed by atoms with E-state index in [1.54, 1.807) is 0 Å². The highest BCUT2D eigenvalue weighted by atomic mass is 32.1. The molecule has 2 saturated heterocycles. The third-order valence-electron chi connectivity index (χ3n) is 4.33. The number of carbonyl (C=O) groups excluding carboxylic acids is 2. The molecule has 0 aromatic carbocycles. The third kappa shape index (κ3) is 3.33. The Kier molecular flexibility index (Phi) is 4.78. The van der Waals surface area contributed by atoms with Crippen molar-refractivity contribution in [2.45, 2.75) is 19.8 Å². The lowest BCUT2D eigenvalue weighted by molar-refractivity contribution is -0.141. The van der Waals surface area contributed by atoms with Crippen LogP contribution >= 0.6 is 11.3 Å². The molecule has 2 fully saturated rings. The van der Waals surface area contributed by atoms with Gasteiger partial charge in [0.05, 0.1) is 24.0 Å². The van der Waals surface area contributed by atoms with Crippen LogP contribution in [-0.4, -0.2) is 61.0 Å². The lowest BCUT2D eigenvalue weighted by Gasteiger charge is -2.36. The zero-order valence-corrected chi connectivity index (χ0v) is 13.7. The highest BCUT2D eigenvalue weighted by molar-refractivity contribution is 7.13. The molecule has 2 aliphatic rings. The fourth-order valence-electron chi connectivity index (χ4n) is 3.11. The molecule has 6 heteroatoms. The predicted molar refractivity (Wildman–Crippen MR) is 85.1 cm³/mol. The van der Waals surface area contributed by atoms with Gasteiger partial charge in [0.25, 0.3) is 5.91 Å². The molecule has 3 heterocycles. The Morgan fingerprint density at radius 2 is 1.95 bits per heavy atom. The first-order chi connectivity index (χ1) is 10.6. The molecule has 0 spiro atoms. The van der Waals surface area contributed by atoms with E-state index in [-0.39, 0.29) is 17.7 Å². The summed E-state index contributed by atoms with van der Waals surface area (Å²) in [5.41, 5.74) is 0. The Labute approximate surface area is 134 Å². The predicted octanol–water partition coefficient (Wildman–Crippen LogP) is 1.77. The van der Waals surface area contributed by atoms with Crippen molar-refractivity contribution in [2.75, 3.05) is 39.4 Å². The molecule has 0 saturated carbocycles. The zero-order valence-electron chi connectivity index (χ0n) is 12.9. The van der Waals surface area contributed by atoms with E-state index < -0.39 is 0 Å². The smallest absolute Gasteiger partial charge is 0.263 e. The number of hydrogen-bond donors (Lipinski definition) is 0. The number of carbonyl (C=O) groups is 2. The van der Waals surface area contributed by atoms with Gasteiger partial charge in [0.15, 0.2) is 0 Å². The summed E-state index contributed by atoms with van der Waals surface area (Å²) < 4.78 is 5.30. The van der Waals surface area contributed by atoms with Crippen LogP contribution in [0, 0.1) is 12.8 Å². The van der Waals surface area contributed by atoms with Crippen LogP contribution < -0.4 is 0 Å². The van der Waals surface area contributed by atoms with Gasteiger partial charge >= 0.3 is 0 Å². The summed E-state index contributed by atoms with van der Waals surface area (Å²) in [7, 11) is 0. The number of thiophene rings is 1. The van der Waals surface area contributed by atoms with Gasteiger partial charge in [0.2, 0.25) is 5.91 Å². The van der Waals surface area contributed by atoms with Gasteiger partial charge in [-0.25, -0.2) is 0 Å². The lowest BCUT2D eigenvalue weighted by atomic mass is 9.96. The van der Waals surface area contributed by atoms with Crippen molar-refractivity contribution in [1.29, 1.82) is 0 Å². The van der Waals surface area contributed by atoms with Gasteiger partial charge in [-0.1, -0.05) is 0 Å². The summed E-state index contributed by atoms with van der Waals surface area (Å²) in [4.78, 5) is 30.8. The van der Waals surface area contributed by atoms with Crippen LogP contribution in [0.1, 0.15) is 27.4 Å². The molecule has 3 rings (SSSR count). The molecule has 2 aliphatic heterocycles. The Morgan fingerprint density at radius 3 is 2.64 bits per heavy atom. The second kappa shape index (κ2) is 6.79. The van der Waals surface area contributed by atoms with Crippen LogP contribution in [-0.2, 0) is 9.53 Å². The molecule has 120 valence electrons. The Hall–Kier alpha value is -1.40. The van der Waals surface area contributed by atoms with E-state index in [9.17, 15) is 9.59 Å². The average molecular weight is 322 g/mol. The normalized spacial score (nSPS) is 22.7. The largest absolute Gasteiger partial charge is 0.378 e. The summed E-state index contributed by atoms with van der Waals surface area (Å²) >= 11 is 1.52.